The van der Waals surface area contributed by atoms with Crippen molar-refractivity contribution in [3.8, 4) is 5.75 Å². The third-order valence-electron chi connectivity index (χ3n) is 7.20. The molecule has 1 unspecified atom stereocenters. The zero-order valence-corrected chi connectivity index (χ0v) is 24.2. The number of aliphatic hydroxyl groups excluding tert-OH is 1. The summed E-state index contributed by atoms with van der Waals surface area (Å²) in [5, 5.41) is 12.1. The number of methoxy groups -OCH3 is 1. The molecule has 1 aliphatic rings. The maximum Gasteiger partial charge on any atom is 0.434 e. The SMILES string of the molecule is COc1ccc(CN(OCC(C)O)C(=O)OCc2ccccc2)cc1N1CCN(Cc2ccc3ccccc3n2)CC1. The molecule has 1 aliphatic heterocycles. The van der Waals surface area contributed by atoms with Crippen LogP contribution in [0, 0.1) is 0 Å². The predicted molar refractivity (Wildman–Crippen MR) is 162 cm³/mol. The average Bonchev–Trinajstić information content (AvgIpc) is 3.02. The number of para-hydroxylation sites is 1. The first-order valence-corrected chi connectivity index (χ1v) is 14.3. The Labute approximate surface area is 246 Å². The van der Waals surface area contributed by atoms with E-state index in [1.54, 1.807) is 14.0 Å². The fraction of sp³-hybridized carbons (Fsp3) is 0.333. The van der Waals surface area contributed by atoms with Crippen LogP contribution in [0.3, 0.4) is 0 Å². The van der Waals surface area contributed by atoms with Gasteiger partial charge in [-0.25, -0.2) is 4.79 Å². The van der Waals surface area contributed by atoms with Crippen LogP contribution in [0.5, 0.6) is 5.75 Å². The highest BCUT2D eigenvalue weighted by atomic mass is 16.7. The quantitative estimate of drug-likeness (QED) is 0.252. The number of fused-ring (bicyclic) bond motifs is 1. The molecule has 9 nitrogen and oxygen atoms in total. The van der Waals surface area contributed by atoms with E-state index in [2.05, 4.69) is 34.1 Å². The number of rotatable bonds is 11. The number of aliphatic hydroxyl groups is 1. The van der Waals surface area contributed by atoms with E-state index in [1.165, 1.54) is 0 Å². The Balaban J connectivity index is 1.23. The number of hydrogen-bond donors (Lipinski definition) is 1. The third kappa shape index (κ3) is 7.76. The molecule has 0 saturated carbocycles. The number of anilines is 1. The summed E-state index contributed by atoms with van der Waals surface area (Å²) in [6, 6.07) is 27.8. The summed E-state index contributed by atoms with van der Waals surface area (Å²) in [6.07, 6.45) is -1.35. The van der Waals surface area contributed by atoms with Crippen molar-refractivity contribution in [1.29, 1.82) is 0 Å². The molecule has 2 heterocycles. The lowest BCUT2D eigenvalue weighted by atomic mass is 10.1. The standard InChI is InChI=1S/C33H38N4O5/c1-25(38)23-42-37(33(39)41-24-26-8-4-3-5-9-26)21-27-12-15-32(40-2)31(20-27)36-18-16-35(17-19-36)22-29-14-13-28-10-6-7-11-30(28)34-29/h3-15,20,25,38H,16-19,21-24H2,1-2H3. The van der Waals surface area contributed by atoms with E-state index in [1.807, 2.05) is 60.7 Å². The highest BCUT2D eigenvalue weighted by Crippen LogP contribution is 2.31. The van der Waals surface area contributed by atoms with E-state index in [0.29, 0.717) is 0 Å². The van der Waals surface area contributed by atoms with E-state index in [0.717, 1.165) is 76.9 Å². The molecule has 3 aromatic carbocycles. The molecule has 4 aromatic rings. The molecular formula is C33H38N4O5. The topological polar surface area (TPSA) is 87.6 Å². The number of ether oxygens (including phenoxy) is 2. The zero-order chi connectivity index (χ0) is 29.3. The first-order chi connectivity index (χ1) is 20.5. The van der Waals surface area contributed by atoms with Crippen molar-refractivity contribution >= 4 is 22.7 Å². The molecule has 1 atom stereocenters. The van der Waals surface area contributed by atoms with Crippen molar-refractivity contribution in [2.24, 2.45) is 0 Å². The summed E-state index contributed by atoms with van der Waals surface area (Å²) < 4.78 is 11.2. The second-order valence-electron chi connectivity index (χ2n) is 10.5. The van der Waals surface area contributed by atoms with Gasteiger partial charge in [0.15, 0.2) is 0 Å². The Bertz CT molecular complexity index is 1460. The number of aromatic nitrogens is 1. The molecule has 5 rings (SSSR count). The Morgan fingerprint density at radius 3 is 2.48 bits per heavy atom. The molecule has 1 amide bonds. The van der Waals surface area contributed by atoms with Crippen LogP contribution < -0.4 is 9.64 Å². The van der Waals surface area contributed by atoms with E-state index < -0.39 is 12.2 Å². The van der Waals surface area contributed by atoms with E-state index in [-0.39, 0.29) is 19.8 Å². The number of carbonyl (C=O) groups excluding carboxylic acids is 1. The summed E-state index contributed by atoms with van der Waals surface area (Å²) in [5.74, 6) is 0.770. The van der Waals surface area contributed by atoms with Gasteiger partial charge in [-0.05, 0) is 42.3 Å². The molecule has 9 heteroatoms. The Hall–Kier alpha value is -4.18. The van der Waals surface area contributed by atoms with Gasteiger partial charge in [0.05, 0.1) is 36.7 Å². The predicted octanol–water partition coefficient (Wildman–Crippen LogP) is 5.02. The summed E-state index contributed by atoms with van der Waals surface area (Å²) in [4.78, 5) is 28.2. The number of piperazine rings is 1. The van der Waals surface area contributed by atoms with Crippen molar-refractivity contribution in [2.75, 3.05) is 44.8 Å². The van der Waals surface area contributed by atoms with Crippen molar-refractivity contribution < 1.29 is 24.2 Å². The van der Waals surface area contributed by atoms with Gasteiger partial charge in [0.2, 0.25) is 0 Å². The number of nitrogens with zero attached hydrogens (tertiary/aromatic N) is 4. The van der Waals surface area contributed by atoms with E-state index in [4.69, 9.17) is 19.3 Å². The van der Waals surface area contributed by atoms with Crippen LogP contribution >= 0.6 is 0 Å². The molecule has 0 aliphatic carbocycles. The lowest BCUT2D eigenvalue weighted by Gasteiger charge is -2.36. The van der Waals surface area contributed by atoms with Crippen LogP contribution in [0.1, 0.15) is 23.7 Å². The normalized spacial score (nSPS) is 14.5. The van der Waals surface area contributed by atoms with E-state index >= 15 is 0 Å². The third-order valence-corrected chi connectivity index (χ3v) is 7.20. The number of amides is 1. The molecule has 1 saturated heterocycles. The van der Waals surface area contributed by atoms with Gasteiger partial charge >= 0.3 is 6.09 Å². The molecule has 0 spiro atoms. The maximum absolute atomic E-state index is 13.0. The van der Waals surface area contributed by atoms with Crippen molar-refractivity contribution in [3.05, 3.63) is 102 Å². The van der Waals surface area contributed by atoms with Crippen LogP contribution in [0.25, 0.3) is 10.9 Å². The minimum Gasteiger partial charge on any atom is -0.495 e. The van der Waals surface area contributed by atoms with Crippen LogP contribution in [0.4, 0.5) is 10.5 Å². The minimum atomic E-state index is -0.734. The Kier molecular flexibility index (Phi) is 9.86. The minimum absolute atomic E-state index is 0.0303. The Morgan fingerprint density at radius 1 is 0.952 bits per heavy atom. The largest absolute Gasteiger partial charge is 0.495 e. The van der Waals surface area contributed by atoms with Crippen molar-refractivity contribution in [2.45, 2.75) is 32.7 Å². The first kappa shape index (κ1) is 29.3. The maximum atomic E-state index is 13.0. The highest BCUT2D eigenvalue weighted by molar-refractivity contribution is 5.78. The number of benzene rings is 3. The highest BCUT2D eigenvalue weighted by Gasteiger charge is 2.23. The molecule has 1 fully saturated rings. The number of hydrogen-bond acceptors (Lipinski definition) is 8. The zero-order valence-electron chi connectivity index (χ0n) is 24.2. The van der Waals surface area contributed by atoms with Gasteiger partial charge in [-0.15, -0.1) is 0 Å². The molecule has 0 bridgehead atoms. The van der Waals surface area contributed by atoms with Crippen LogP contribution in [-0.4, -0.2) is 72.1 Å². The summed E-state index contributed by atoms with van der Waals surface area (Å²) >= 11 is 0. The van der Waals surface area contributed by atoms with Gasteiger partial charge in [0, 0.05) is 38.1 Å². The van der Waals surface area contributed by atoms with Crippen LogP contribution in [-0.2, 0) is 29.3 Å². The fourth-order valence-electron chi connectivity index (χ4n) is 4.97. The number of pyridine rings is 1. The van der Waals surface area contributed by atoms with Gasteiger partial charge in [-0.2, -0.15) is 5.06 Å². The summed E-state index contributed by atoms with van der Waals surface area (Å²) in [6.45, 7) is 6.09. The van der Waals surface area contributed by atoms with Gasteiger partial charge < -0.3 is 19.5 Å². The fourth-order valence-corrected chi connectivity index (χ4v) is 4.97. The van der Waals surface area contributed by atoms with E-state index in [9.17, 15) is 9.90 Å². The molecular weight excluding hydrogens is 532 g/mol. The second kappa shape index (κ2) is 14.1. The van der Waals surface area contributed by atoms with Crippen LogP contribution in [0.15, 0.2) is 84.9 Å². The van der Waals surface area contributed by atoms with Crippen LogP contribution in [0.2, 0.25) is 0 Å². The van der Waals surface area contributed by atoms with Gasteiger partial charge in [-0.3, -0.25) is 14.7 Å². The summed E-state index contributed by atoms with van der Waals surface area (Å²) in [5.41, 5.74) is 4.79. The molecule has 42 heavy (non-hydrogen) atoms. The van der Waals surface area contributed by atoms with Crippen molar-refractivity contribution in [3.63, 3.8) is 0 Å². The van der Waals surface area contributed by atoms with Gasteiger partial charge in [0.25, 0.3) is 0 Å². The molecule has 1 N–H and O–H groups in total. The summed E-state index contributed by atoms with van der Waals surface area (Å²) in [7, 11) is 1.67. The second-order valence-corrected chi connectivity index (χ2v) is 10.5. The Morgan fingerprint density at radius 2 is 1.71 bits per heavy atom. The monoisotopic (exact) mass is 570 g/mol. The molecule has 0 radical (unpaired) electrons. The molecule has 220 valence electrons. The van der Waals surface area contributed by atoms with Gasteiger partial charge in [0.1, 0.15) is 19.0 Å². The lowest BCUT2D eigenvalue weighted by molar-refractivity contribution is -0.161. The lowest BCUT2D eigenvalue weighted by Crippen LogP contribution is -2.46. The molecule has 1 aromatic heterocycles. The number of hydroxylamine groups is 2. The first-order valence-electron chi connectivity index (χ1n) is 14.3. The van der Waals surface area contributed by atoms with Gasteiger partial charge in [-0.1, -0.05) is 60.7 Å². The van der Waals surface area contributed by atoms with Crippen molar-refractivity contribution in [1.82, 2.24) is 14.9 Å². The number of carbonyl (C=O) groups is 1. The average molecular weight is 571 g/mol. The smallest absolute Gasteiger partial charge is 0.434 e.